The molecule has 1 fully saturated rings. The predicted octanol–water partition coefficient (Wildman–Crippen LogP) is 0.968. The number of hydrogen-bond acceptors (Lipinski definition) is 3. The van der Waals surface area contributed by atoms with E-state index in [-0.39, 0.29) is 5.91 Å². The minimum Gasteiger partial charge on any atom is -0.369 e. The lowest BCUT2D eigenvalue weighted by Gasteiger charge is -2.35. The van der Waals surface area contributed by atoms with E-state index in [2.05, 4.69) is 47.1 Å². The summed E-state index contributed by atoms with van der Waals surface area (Å²) >= 11 is 0. The number of hydrogen-bond donors (Lipinski definition) is 1. The van der Waals surface area contributed by atoms with Gasteiger partial charge in [0.05, 0.1) is 6.54 Å². The predicted molar refractivity (Wildman–Crippen MR) is 81.4 cm³/mol. The molecule has 1 aliphatic rings. The summed E-state index contributed by atoms with van der Waals surface area (Å²) in [5.74, 6) is 0.427. The summed E-state index contributed by atoms with van der Waals surface area (Å²) < 4.78 is 0. The Kier molecular flexibility index (Phi) is 5.56. The van der Waals surface area contributed by atoms with Crippen LogP contribution in [0.4, 0.5) is 0 Å². The Hall–Kier alpha value is -1.39. The maximum absolute atomic E-state index is 10.9. The standard InChI is InChI=1S/C16H25N3O/c1-14(11-15-5-3-2-4-6-15)12-18-7-9-19(10-8-18)13-16(17)20/h2-6,14H,7-13H2,1H3,(H2,17,20)/t14-/m1/s1. The van der Waals surface area contributed by atoms with Crippen molar-refractivity contribution in [3.8, 4) is 0 Å². The van der Waals surface area contributed by atoms with Crippen molar-refractivity contribution in [3.05, 3.63) is 35.9 Å². The van der Waals surface area contributed by atoms with E-state index in [1.165, 1.54) is 5.56 Å². The van der Waals surface area contributed by atoms with Crippen molar-refractivity contribution in [3.63, 3.8) is 0 Å². The highest BCUT2D eigenvalue weighted by Crippen LogP contribution is 2.11. The molecule has 2 rings (SSSR count). The molecule has 0 aliphatic carbocycles. The summed E-state index contributed by atoms with van der Waals surface area (Å²) in [5.41, 5.74) is 6.64. The molecule has 1 atom stereocenters. The Morgan fingerprint density at radius 1 is 1.15 bits per heavy atom. The van der Waals surface area contributed by atoms with Gasteiger partial charge in [-0.3, -0.25) is 9.69 Å². The fourth-order valence-corrected chi connectivity index (χ4v) is 2.87. The van der Waals surface area contributed by atoms with E-state index in [4.69, 9.17) is 5.73 Å². The van der Waals surface area contributed by atoms with E-state index in [1.54, 1.807) is 0 Å². The Labute approximate surface area is 121 Å². The van der Waals surface area contributed by atoms with E-state index in [1.807, 2.05) is 0 Å². The highest BCUT2D eigenvalue weighted by atomic mass is 16.1. The number of benzene rings is 1. The van der Waals surface area contributed by atoms with Gasteiger partial charge >= 0.3 is 0 Å². The number of nitrogens with zero attached hydrogens (tertiary/aromatic N) is 2. The SMILES string of the molecule is C[C@H](Cc1ccccc1)CN1CCN(CC(N)=O)CC1. The van der Waals surface area contributed by atoms with Gasteiger partial charge in [0.15, 0.2) is 0 Å². The summed E-state index contributed by atoms with van der Waals surface area (Å²) in [5, 5.41) is 0. The largest absolute Gasteiger partial charge is 0.369 e. The van der Waals surface area contributed by atoms with Crippen LogP contribution in [-0.4, -0.2) is 55.0 Å². The molecule has 4 heteroatoms. The third kappa shape index (κ3) is 4.94. The van der Waals surface area contributed by atoms with Crippen LogP contribution in [0.5, 0.6) is 0 Å². The Bertz CT molecular complexity index is 413. The van der Waals surface area contributed by atoms with E-state index in [0.29, 0.717) is 12.5 Å². The molecule has 1 aromatic carbocycles. The number of rotatable bonds is 6. The second-order valence-corrected chi connectivity index (χ2v) is 5.84. The van der Waals surface area contributed by atoms with Gasteiger partial charge in [-0.25, -0.2) is 0 Å². The van der Waals surface area contributed by atoms with E-state index in [0.717, 1.165) is 39.1 Å². The fourth-order valence-electron chi connectivity index (χ4n) is 2.87. The second-order valence-electron chi connectivity index (χ2n) is 5.84. The number of carbonyl (C=O) groups excluding carboxylic acids is 1. The molecule has 1 heterocycles. The van der Waals surface area contributed by atoms with Crippen LogP contribution in [0.15, 0.2) is 30.3 Å². The van der Waals surface area contributed by atoms with Crippen LogP contribution in [-0.2, 0) is 11.2 Å². The Balaban J connectivity index is 1.71. The molecule has 0 aromatic heterocycles. The number of piperazine rings is 1. The van der Waals surface area contributed by atoms with Crippen LogP contribution in [0.2, 0.25) is 0 Å². The zero-order chi connectivity index (χ0) is 14.4. The molecule has 0 bridgehead atoms. The summed E-state index contributed by atoms with van der Waals surface area (Å²) in [6.07, 6.45) is 1.13. The molecule has 2 N–H and O–H groups in total. The van der Waals surface area contributed by atoms with Crippen LogP contribution in [0.1, 0.15) is 12.5 Å². The number of carbonyl (C=O) groups is 1. The van der Waals surface area contributed by atoms with E-state index < -0.39 is 0 Å². The quantitative estimate of drug-likeness (QED) is 0.841. The summed E-state index contributed by atoms with van der Waals surface area (Å²) in [4.78, 5) is 15.5. The lowest BCUT2D eigenvalue weighted by molar-refractivity contribution is -0.119. The second kappa shape index (κ2) is 7.41. The molecule has 1 amide bonds. The lowest BCUT2D eigenvalue weighted by atomic mass is 10.0. The van der Waals surface area contributed by atoms with E-state index in [9.17, 15) is 4.79 Å². The molecule has 0 saturated carbocycles. The van der Waals surface area contributed by atoms with Crippen molar-refractivity contribution in [1.82, 2.24) is 9.80 Å². The van der Waals surface area contributed by atoms with Crippen molar-refractivity contribution in [1.29, 1.82) is 0 Å². The van der Waals surface area contributed by atoms with Gasteiger partial charge < -0.3 is 10.6 Å². The van der Waals surface area contributed by atoms with Gasteiger partial charge in [0.1, 0.15) is 0 Å². The lowest BCUT2D eigenvalue weighted by Crippen LogP contribution is -2.49. The van der Waals surface area contributed by atoms with Crippen LogP contribution in [0.25, 0.3) is 0 Å². The molecule has 0 unspecified atom stereocenters. The van der Waals surface area contributed by atoms with Crippen LogP contribution in [0, 0.1) is 5.92 Å². The monoisotopic (exact) mass is 275 g/mol. The molecular formula is C16H25N3O. The number of nitrogens with two attached hydrogens (primary N) is 1. The van der Waals surface area contributed by atoms with Gasteiger partial charge in [-0.05, 0) is 17.9 Å². The molecule has 110 valence electrons. The van der Waals surface area contributed by atoms with Crippen molar-refractivity contribution in [2.45, 2.75) is 13.3 Å². The smallest absolute Gasteiger partial charge is 0.231 e. The third-order valence-electron chi connectivity index (χ3n) is 3.84. The van der Waals surface area contributed by atoms with Crippen molar-refractivity contribution < 1.29 is 4.79 Å². The van der Waals surface area contributed by atoms with Crippen molar-refractivity contribution >= 4 is 5.91 Å². The van der Waals surface area contributed by atoms with Gasteiger partial charge in [-0.2, -0.15) is 0 Å². The zero-order valence-corrected chi connectivity index (χ0v) is 12.3. The molecule has 4 nitrogen and oxygen atoms in total. The third-order valence-corrected chi connectivity index (χ3v) is 3.84. The highest BCUT2D eigenvalue weighted by Gasteiger charge is 2.19. The summed E-state index contributed by atoms with van der Waals surface area (Å²) in [6.45, 7) is 7.79. The van der Waals surface area contributed by atoms with Crippen LogP contribution < -0.4 is 5.73 Å². The van der Waals surface area contributed by atoms with Crippen LogP contribution in [0.3, 0.4) is 0 Å². The first kappa shape index (κ1) is 15.0. The average Bonchev–Trinajstić information content (AvgIpc) is 2.41. The molecule has 1 aromatic rings. The molecule has 20 heavy (non-hydrogen) atoms. The summed E-state index contributed by atoms with van der Waals surface area (Å²) in [7, 11) is 0. The minimum absolute atomic E-state index is 0.226. The average molecular weight is 275 g/mol. The molecule has 1 aliphatic heterocycles. The van der Waals surface area contributed by atoms with Gasteiger partial charge in [-0.1, -0.05) is 37.3 Å². The highest BCUT2D eigenvalue weighted by molar-refractivity contribution is 5.75. The van der Waals surface area contributed by atoms with Crippen molar-refractivity contribution in [2.75, 3.05) is 39.3 Å². The molecular weight excluding hydrogens is 250 g/mol. The van der Waals surface area contributed by atoms with Gasteiger partial charge in [0.2, 0.25) is 5.91 Å². The topological polar surface area (TPSA) is 49.6 Å². The number of primary amides is 1. The first-order chi connectivity index (χ1) is 9.63. The first-order valence-corrected chi connectivity index (χ1v) is 7.40. The Morgan fingerprint density at radius 2 is 1.75 bits per heavy atom. The molecule has 0 radical (unpaired) electrons. The molecule has 1 saturated heterocycles. The maximum atomic E-state index is 10.9. The maximum Gasteiger partial charge on any atom is 0.231 e. The van der Waals surface area contributed by atoms with E-state index >= 15 is 0 Å². The Morgan fingerprint density at radius 3 is 2.35 bits per heavy atom. The summed E-state index contributed by atoms with van der Waals surface area (Å²) in [6, 6.07) is 10.7. The van der Waals surface area contributed by atoms with Gasteiger partial charge in [-0.15, -0.1) is 0 Å². The fraction of sp³-hybridized carbons (Fsp3) is 0.562. The van der Waals surface area contributed by atoms with Crippen molar-refractivity contribution in [2.24, 2.45) is 11.7 Å². The zero-order valence-electron chi connectivity index (χ0n) is 12.3. The minimum atomic E-state index is -0.226. The normalized spacial score (nSPS) is 18.9. The van der Waals surface area contributed by atoms with Crippen LogP contribution >= 0.6 is 0 Å². The number of amides is 1. The molecule has 0 spiro atoms. The first-order valence-electron chi connectivity index (χ1n) is 7.40. The van der Waals surface area contributed by atoms with Gasteiger partial charge in [0.25, 0.3) is 0 Å². The van der Waals surface area contributed by atoms with Gasteiger partial charge in [0, 0.05) is 32.7 Å².